The van der Waals surface area contributed by atoms with Gasteiger partial charge in [-0.05, 0) is 30.7 Å². The Labute approximate surface area is 116 Å². The van der Waals surface area contributed by atoms with Gasteiger partial charge in [-0.1, -0.05) is 0 Å². The molecule has 20 heavy (non-hydrogen) atoms. The van der Waals surface area contributed by atoms with Crippen molar-refractivity contribution in [3.05, 3.63) is 57.9 Å². The zero-order valence-electron chi connectivity index (χ0n) is 11.4. The van der Waals surface area contributed by atoms with Crippen LogP contribution in [-0.2, 0) is 6.54 Å². The van der Waals surface area contributed by atoms with E-state index in [4.69, 9.17) is 10.5 Å². The molecule has 106 valence electrons. The van der Waals surface area contributed by atoms with E-state index in [-0.39, 0.29) is 11.7 Å². The third-order valence-electron chi connectivity index (χ3n) is 3.08. The van der Waals surface area contributed by atoms with Gasteiger partial charge in [0.05, 0.1) is 18.1 Å². The lowest BCUT2D eigenvalue weighted by molar-refractivity contribution is -0.385. The van der Waals surface area contributed by atoms with Gasteiger partial charge in [0.15, 0.2) is 0 Å². The van der Waals surface area contributed by atoms with Gasteiger partial charge in [-0.3, -0.25) is 10.1 Å². The molecular weight excluding hydrogens is 258 g/mol. The molecule has 0 aliphatic carbocycles. The molecule has 0 aliphatic rings. The van der Waals surface area contributed by atoms with Crippen LogP contribution in [0.15, 0.2) is 36.5 Å². The summed E-state index contributed by atoms with van der Waals surface area (Å²) in [7, 11) is 1.49. The molecule has 0 saturated heterocycles. The lowest BCUT2D eigenvalue weighted by atomic mass is 10.1. The maximum absolute atomic E-state index is 10.9. The number of nitrogens with two attached hydrogens (primary N) is 1. The van der Waals surface area contributed by atoms with Gasteiger partial charge in [0, 0.05) is 30.5 Å². The monoisotopic (exact) mass is 275 g/mol. The largest absolute Gasteiger partial charge is 0.496 e. The number of hydrogen-bond donors (Lipinski definition) is 1. The molecule has 1 heterocycles. The molecule has 6 heteroatoms. The number of rotatable bonds is 5. The van der Waals surface area contributed by atoms with E-state index in [9.17, 15) is 10.1 Å². The van der Waals surface area contributed by atoms with Crippen molar-refractivity contribution in [2.24, 2.45) is 5.73 Å². The summed E-state index contributed by atoms with van der Waals surface area (Å²) in [4.78, 5) is 10.5. The highest BCUT2D eigenvalue weighted by Gasteiger charge is 2.12. The second kappa shape index (κ2) is 5.75. The summed E-state index contributed by atoms with van der Waals surface area (Å²) in [5.41, 5.74) is 7.70. The van der Waals surface area contributed by atoms with Crippen molar-refractivity contribution in [2.45, 2.75) is 19.5 Å². The van der Waals surface area contributed by atoms with Gasteiger partial charge < -0.3 is 15.0 Å². The van der Waals surface area contributed by atoms with E-state index in [1.807, 2.05) is 29.8 Å². The van der Waals surface area contributed by atoms with Gasteiger partial charge in [0.25, 0.3) is 5.69 Å². The quantitative estimate of drug-likeness (QED) is 0.671. The molecular formula is C14H17N3O3. The Morgan fingerprint density at radius 1 is 1.45 bits per heavy atom. The Balaban J connectivity index is 2.35. The molecule has 2 N–H and O–H groups in total. The normalized spacial score (nSPS) is 12.2. The van der Waals surface area contributed by atoms with Gasteiger partial charge in [0.1, 0.15) is 5.75 Å². The van der Waals surface area contributed by atoms with Crippen LogP contribution >= 0.6 is 0 Å². The van der Waals surface area contributed by atoms with Gasteiger partial charge in [-0.2, -0.15) is 0 Å². The first-order chi connectivity index (χ1) is 9.51. The zero-order valence-corrected chi connectivity index (χ0v) is 11.4. The van der Waals surface area contributed by atoms with Crippen molar-refractivity contribution < 1.29 is 9.66 Å². The molecule has 0 saturated carbocycles. The molecule has 6 nitrogen and oxygen atoms in total. The van der Waals surface area contributed by atoms with Crippen molar-refractivity contribution in [1.29, 1.82) is 0 Å². The molecule has 1 atom stereocenters. The standard InChI is InChI=1S/C14H17N3O3/c1-10(15)14-4-3-5-16(14)9-11-6-12(17(18)19)8-13(7-11)20-2/h3-8,10H,9,15H2,1-2H3. The summed E-state index contributed by atoms with van der Waals surface area (Å²) < 4.78 is 7.08. The predicted molar refractivity (Wildman–Crippen MR) is 75.8 cm³/mol. The molecule has 1 aromatic carbocycles. The Bertz CT molecular complexity index is 620. The number of benzene rings is 1. The lowest BCUT2D eigenvalue weighted by Crippen LogP contribution is -2.12. The van der Waals surface area contributed by atoms with Gasteiger partial charge in [-0.15, -0.1) is 0 Å². The number of hydrogen-bond acceptors (Lipinski definition) is 4. The van der Waals surface area contributed by atoms with E-state index in [2.05, 4.69) is 0 Å². The van der Waals surface area contributed by atoms with Gasteiger partial charge >= 0.3 is 0 Å². The van der Waals surface area contributed by atoms with E-state index in [0.717, 1.165) is 11.3 Å². The highest BCUT2D eigenvalue weighted by Crippen LogP contribution is 2.24. The van der Waals surface area contributed by atoms with Crippen molar-refractivity contribution >= 4 is 5.69 Å². The third kappa shape index (κ3) is 2.97. The first kappa shape index (κ1) is 14.1. The summed E-state index contributed by atoms with van der Waals surface area (Å²) in [6.07, 6.45) is 1.91. The fourth-order valence-electron chi connectivity index (χ4n) is 2.14. The van der Waals surface area contributed by atoms with Crippen LogP contribution in [0, 0.1) is 10.1 Å². The van der Waals surface area contributed by atoms with Crippen LogP contribution in [0.1, 0.15) is 24.2 Å². The number of aromatic nitrogens is 1. The maximum Gasteiger partial charge on any atom is 0.273 e. The molecule has 0 amide bonds. The van der Waals surface area contributed by atoms with Crippen LogP contribution < -0.4 is 10.5 Å². The molecule has 2 aromatic rings. The highest BCUT2D eigenvalue weighted by molar-refractivity contribution is 5.43. The van der Waals surface area contributed by atoms with E-state index in [0.29, 0.717) is 12.3 Å². The van der Waals surface area contributed by atoms with Crippen molar-refractivity contribution in [2.75, 3.05) is 7.11 Å². The van der Waals surface area contributed by atoms with Crippen LogP contribution in [0.2, 0.25) is 0 Å². The predicted octanol–water partition coefficient (Wildman–Crippen LogP) is 2.47. The Kier molecular flexibility index (Phi) is 4.05. The Morgan fingerprint density at radius 3 is 2.80 bits per heavy atom. The number of nitro benzene ring substituents is 1. The van der Waals surface area contributed by atoms with E-state index < -0.39 is 4.92 Å². The summed E-state index contributed by atoms with van der Waals surface area (Å²) in [6, 6.07) is 8.51. The number of nitrogens with zero attached hydrogens (tertiary/aromatic N) is 2. The Hall–Kier alpha value is -2.34. The molecule has 0 spiro atoms. The number of nitro groups is 1. The summed E-state index contributed by atoms with van der Waals surface area (Å²) in [5, 5.41) is 10.9. The summed E-state index contributed by atoms with van der Waals surface area (Å²) in [5.74, 6) is 0.476. The minimum atomic E-state index is -0.422. The smallest absolute Gasteiger partial charge is 0.273 e. The van der Waals surface area contributed by atoms with Crippen LogP contribution in [0.3, 0.4) is 0 Å². The zero-order chi connectivity index (χ0) is 14.7. The average molecular weight is 275 g/mol. The topological polar surface area (TPSA) is 83.3 Å². The maximum atomic E-state index is 10.9. The van der Waals surface area contributed by atoms with Crippen LogP contribution in [0.5, 0.6) is 5.75 Å². The molecule has 2 rings (SSSR count). The molecule has 1 unspecified atom stereocenters. The number of methoxy groups -OCH3 is 1. The molecule has 0 bridgehead atoms. The minimum absolute atomic E-state index is 0.0221. The summed E-state index contributed by atoms with van der Waals surface area (Å²) in [6.45, 7) is 2.42. The fourth-order valence-corrected chi connectivity index (χ4v) is 2.14. The third-order valence-corrected chi connectivity index (χ3v) is 3.08. The molecule has 0 aliphatic heterocycles. The van der Waals surface area contributed by atoms with Crippen molar-refractivity contribution in [3.8, 4) is 5.75 Å². The Morgan fingerprint density at radius 2 is 2.20 bits per heavy atom. The van der Waals surface area contributed by atoms with Crippen LogP contribution in [0.4, 0.5) is 5.69 Å². The van der Waals surface area contributed by atoms with Gasteiger partial charge in [0.2, 0.25) is 0 Å². The van der Waals surface area contributed by atoms with Crippen molar-refractivity contribution in [3.63, 3.8) is 0 Å². The van der Waals surface area contributed by atoms with E-state index >= 15 is 0 Å². The van der Waals surface area contributed by atoms with Crippen LogP contribution in [0.25, 0.3) is 0 Å². The molecule has 0 radical (unpaired) electrons. The molecule has 1 aromatic heterocycles. The lowest BCUT2D eigenvalue weighted by Gasteiger charge is -2.12. The number of ether oxygens (including phenoxy) is 1. The fraction of sp³-hybridized carbons (Fsp3) is 0.286. The first-order valence-electron chi connectivity index (χ1n) is 6.24. The summed E-state index contributed by atoms with van der Waals surface area (Å²) >= 11 is 0. The second-order valence-electron chi connectivity index (χ2n) is 4.65. The minimum Gasteiger partial charge on any atom is -0.496 e. The number of non-ortho nitro benzene ring substituents is 1. The second-order valence-corrected chi connectivity index (χ2v) is 4.65. The SMILES string of the molecule is COc1cc(Cn2cccc2C(C)N)cc([N+](=O)[O-])c1. The first-order valence-corrected chi connectivity index (χ1v) is 6.24. The average Bonchev–Trinajstić information content (AvgIpc) is 2.86. The molecule has 0 fully saturated rings. The van der Waals surface area contributed by atoms with Crippen molar-refractivity contribution in [1.82, 2.24) is 4.57 Å². The highest BCUT2D eigenvalue weighted by atomic mass is 16.6. The van der Waals surface area contributed by atoms with Gasteiger partial charge in [-0.25, -0.2) is 0 Å². The van der Waals surface area contributed by atoms with E-state index in [1.165, 1.54) is 13.2 Å². The van der Waals surface area contributed by atoms with Crippen LogP contribution in [-0.4, -0.2) is 16.6 Å². The van der Waals surface area contributed by atoms with E-state index in [1.54, 1.807) is 12.1 Å².